The zero-order chi connectivity index (χ0) is 17.5. The zero-order valence-electron chi connectivity index (χ0n) is 14.4. The van der Waals surface area contributed by atoms with Crippen molar-refractivity contribution in [2.24, 2.45) is 5.92 Å². The number of carbonyl (C=O) groups excluding carboxylic acids is 1. The second kappa shape index (κ2) is 8.64. The Labute approximate surface area is 147 Å². The number of amides is 1. The minimum absolute atomic E-state index is 0.00372. The van der Waals surface area contributed by atoms with Crippen molar-refractivity contribution in [1.82, 2.24) is 0 Å². The van der Waals surface area contributed by atoms with E-state index in [2.05, 4.69) is 19.2 Å². The largest absolute Gasteiger partial charge is 0.497 e. The number of rotatable bonds is 7. The van der Waals surface area contributed by atoms with Gasteiger partial charge in [0, 0.05) is 10.6 Å². The van der Waals surface area contributed by atoms with Gasteiger partial charge in [-0.05, 0) is 54.4 Å². The molecule has 2 rings (SSSR count). The van der Waals surface area contributed by atoms with Crippen LogP contribution >= 0.6 is 11.8 Å². The number of benzene rings is 2. The van der Waals surface area contributed by atoms with Gasteiger partial charge in [0.25, 0.3) is 0 Å². The maximum absolute atomic E-state index is 12.6. The summed E-state index contributed by atoms with van der Waals surface area (Å²) >= 11 is 1.56. The van der Waals surface area contributed by atoms with Gasteiger partial charge in [-0.15, -0.1) is 11.8 Å². The standard InChI is InChI=1S/C19H23NO3S/c1-13(2)18(24-17-11-9-16(23-4)10-12-17)19(21)20-14-5-7-15(22-3)8-6-14/h5-13,18H,1-4H3,(H,20,21). The molecule has 0 saturated heterocycles. The molecule has 0 saturated carbocycles. The van der Waals surface area contributed by atoms with Crippen LogP contribution in [0.25, 0.3) is 0 Å². The summed E-state index contributed by atoms with van der Waals surface area (Å²) in [6, 6.07) is 15.1. The third-order valence-electron chi connectivity index (χ3n) is 3.54. The van der Waals surface area contributed by atoms with Crippen LogP contribution in [0.2, 0.25) is 0 Å². The van der Waals surface area contributed by atoms with Gasteiger partial charge in [0.2, 0.25) is 5.91 Å². The summed E-state index contributed by atoms with van der Waals surface area (Å²) in [6.45, 7) is 4.10. The summed E-state index contributed by atoms with van der Waals surface area (Å²) in [5.41, 5.74) is 0.766. The highest BCUT2D eigenvalue weighted by atomic mass is 32.2. The number of hydrogen-bond donors (Lipinski definition) is 1. The Bertz CT molecular complexity index is 653. The molecule has 0 aliphatic carbocycles. The Kier molecular flexibility index (Phi) is 6.55. The van der Waals surface area contributed by atoms with Crippen molar-refractivity contribution in [3.63, 3.8) is 0 Å². The van der Waals surface area contributed by atoms with Gasteiger partial charge in [-0.1, -0.05) is 13.8 Å². The molecule has 2 aromatic carbocycles. The zero-order valence-corrected chi connectivity index (χ0v) is 15.2. The molecule has 0 aliphatic rings. The summed E-state index contributed by atoms with van der Waals surface area (Å²) < 4.78 is 10.3. The lowest BCUT2D eigenvalue weighted by Crippen LogP contribution is -2.29. The van der Waals surface area contributed by atoms with E-state index < -0.39 is 0 Å². The lowest BCUT2D eigenvalue weighted by Gasteiger charge is -2.20. The topological polar surface area (TPSA) is 47.6 Å². The molecule has 0 bridgehead atoms. The smallest absolute Gasteiger partial charge is 0.238 e. The van der Waals surface area contributed by atoms with Gasteiger partial charge in [0.05, 0.1) is 19.5 Å². The minimum Gasteiger partial charge on any atom is -0.497 e. The first-order valence-corrected chi connectivity index (χ1v) is 8.67. The second-order valence-corrected chi connectivity index (χ2v) is 6.89. The van der Waals surface area contributed by atoms with Crippen LogP contribution in [-0.4, -0.2) is 25.4 Å². The maximum Gasteiger partial charge on any atom is 0.238 e. The first kappa shape index (κ1) is 18.2. The predicted molar refractivity (Wildman–Crippen MR) is 99.1 cm³/mol. The third-order valence-corrected chi connectivity index (χ3v) is 5.10. The number of anilines is 1. The van der Waals surface area contributed by atoms with Crippen LogP contribution in [0.4, 0.5) is 5.69 Å². The fourth-order valence-electron chi connectivity index (χ4n) is 2.18. The summed E-state index contributed by atoms with van der Waals surface area (Å²) in [6.07, 6.45) is 0. The van der Waals surface area contributed by atoms with E-state index in [1.165, 1.54) is 0 Å². The molecule has 0 heterocycles. The van der Waals surface area contributed by atoms with Crippen LogP contribution in [0.5, 0.6) is 11.5 Å². The molecule has 1 amide bonds. The fraction of sp³-hybridized carbons (Fsp3) is 0.316. The van der Waals surface area contributed by atoms with Crippen molar-refractivity contribution >= 4 is 23.4 Å². The predicted octanol–water partition coefficient (Wildman–Crippen LogP) is 4.46. The molecule has 128 valence electrons. The van der Waals surface area contributed by atoms with Gasteiger partial charge >= 0.3 is 0 Å². The highest BCUT2D eigenvalue weighted by molar-refractivity contribution is 8.00. The van der Waals surface area contributed by atoms with Crippen LogP contribution in [0.3, 0.4) is 0 Å². The Balaban J connectivity index is 2.06. The molecule has 5 heteroatoms. The molecule has 0 radical (unpaired) electrons. The van der Waals surface area contributed by atoms with Gasteiger partial charge in [-0.2, -0.15) is 0 Å². The van der Waals surface area contributed by atoms with Crippen LogP contribution in [-0.2, 0) is 4.79 Å². The van der Waals surface area contributed by atoms with Crippen molar-refractivity contribution in [3.05, 3.63) is 48.5 Å². The number of methoxy groups -OCH3 is 2. The quantitative estimate of drug-likeness (QED) is 0.753. The van der Waals surface area contributed by atoms with E-state index >= 15 is 0 Å². The van der Waals surface area contributed by atoms with Crippen molar-refractivity contribution in [2.75, 3.05) is 19.5 Å². The number of ether oxygens (including phenoxy) is 2. The highest BCUT2D eigenvalue weighted by Gasteiger charge is 2.23. The van der Waals surface area contributed by atoms with Crippen molar-refractivity contribution in [2.45, 2.75) is 24.0 Å². The van der Waals surface area contributed by atoms with Crippen LogP contribution < -0.4 is 14.8 Å². The van der Waals surface area contributed by atoms with Gasteiger partial charge in [0.1, 0.15) is 11.5 Å². The molecule has 0 aliphatic heterocycles. The highest BCUT2D eigenvalue weighted by Crippen LogP contribution is 2.30. The van der Waals surface area contributed by atoms with Crippen LogP contribution in [0.15, 0.2) is 53.4 Å². The summed E-state index contributed by atoms with van der Waals surface area (Å²) in [4.78, 5) is 13.7. The first-order valence-electron chi connectivity index (χ1n) is 7.79. The average molecular weight is 345 g/mol. The normalized spacial score (nSPS) is 11.9. The summed E-state index contributed by atoms with van der Waals surface area (Å²) in [5.74, 6) is 1.77. The Morgan fingerprint density at radius 3 is 1.88 bits per heavy atom. The van der Waals surface area contributed by atoms with E-state index in [9.17, 15) is 4.79 Å². The molecular weight excluding hydrogens is 322 g/mol. The Hall–Kier alpha value is -2.14. The van der Waals surface area contributed by atoms with Gasteiger partial charge < -0.3 is 14.8 Å². The van der Waals surface area contributed by atoms with E-state index in [0.29, 0.717) is 0 Å². The number of thioether (sulfide) groups is 1. The average Bonchev–Trinajstić information content (AvgIpc) is 2.60. The number of hydrogen-bond acceptors (Lipinski definition) is 4. The van der Waals surface area contributed by atoms with E-state index in [1.54, 1.807) is 26.0 Å². The lowest BCUT2D eigenvalue weighted by molar-refractivity contribution is -0.116. The van der Waals surface area contributed by atoms with Gasteiger partial charge in [0.15, 0.2) is 0 Å². The van der Waals surface area contributed by atoms with E-state index in [0.717, 1.165) is 22.1 Å². The third kappa shape index (κ3) is 4.93. The number of carbonyl (C=O) groups is 1. The van der Waals surface area contributed by atoms with E-state index in [4.69, 9.17) is 9.47 Å². The van der Waals surface area contributed by atoms with Crippen molar-refractivity contribution in [1.29, 1.82) is 0 Å². The second-order valence-electron chi connectivity index (χ2n) is 5.68. The fourth-order valence-corrected chi connectivity index (χ4v) is 3.21. The summed E-state index contributed by atoms with van der Waals surface area (Å²) in [7, 11) is 3.26. The SMILES string of the molecule is COc1ccc(NC(=O)C(Sc2ccc(OC)cc2)C(C)C)cc1. The van der Waals surface area contributed by atoms with E-state index in [-0.39, 0.29) is 17.1 Å². The minimum atomic E-state index is -0.180. The van der Waals surface area contributed by atoms with Gasteiger partial charge in [-0.25, -0.2) is 0 Å². The molecule has 1 atom stereocenters. The molecule has 0 aromatic heterocycles. The van der Waals surface area contributed by atoms with Crippen molar-refractivity contribution < 1.29 is 14.3 Å². The van der Waals surface area contributed by atoms with Crippen LogP contribution in [0, 0.1) is 5.92 Å². The molecule has 24 heavy (non-hydrogen) atoms. The maximum atomic E-state index is 12.6. The molecule has 0 fully saturated rings. The molecule has 1 N–H and O–H groups in total. The van der Waals surface area contributed by atoms with Crippen molar-refractivity contribution in [3.8, 4) is 11.5 Å². The summed E-state index contributed by atoms with van der Waals surface area (Å²) in [5, 5.41) is 2.80. The van der Waals surface area contributed by atoms with Crippen LogP contribution in [0.1, 0.15) is 13.8 Å². The van der Waals surface area contributed by atoms with Gasteiger partial charge in [-0.3, -0.25) is 4.79 Å². The molecule has 1 unspecified atom stereocenters. The van der Waals surface area contributed by atoms with E-state index in [1.807, 2.05) is 48.5 Å². The Morgan fingerprint density at radius 1 is 0.917 bits per heavy atom. The molecule has 4 nitrogen and oxygen atoms in total. The lowest BCUT2D eigenvalue weighted by atomic mass is 10.1. The first-order chi connectivity index (χ1) is 11.5. The monoisotopic (exact) mass is 345 g/mol. The molecule has 0 spiro atoms. The molecular formula is C19H23NO3S. The molecule has 2 aromatic rings. The Morgan fingerprint density at radius 2 is 1.42 bits per heavy atom. The number of nitrogens with one attached hydrogen (secondary N) is 1.